The van der Waals surface area contributed by atoms with Crippen LogP contribution in [0.5, 0.6) is 0 Å². The molecule has 0 amide bonds. The molecule has 1 unspecified atom stereocenters. The van der Waals surface area contributed by atoms with E-state index in [1.807, 2.05) is 0 Å². The average molecular weight is 311 g/mol. The van der Waals surface area contributed by atoms with Crippen molar-refractivity contribution in [3.05, 3.63) is 0 Å². The van der Waals surface area contributed by atoms with Crippen LogP contribution in [0.3, 0.4) is 0 Å². The van der Waals surface area contributed by atoms with Crippen LogP contribution in [0, 0.1) is 11.8 Å². The van der Waals surface area contributed by atoms with Crippen LogP contribution in [-0.4, -0.2) is 17.0 Å². The molecule has 1 aliphatic carbocycles. The summed E-state index contributed by atoms with van der Waals surface area (Å²) in [4.78, 5) is 12.1. The van der Waals surface area contributed by atoms with Crippen LogP contribution >= 0.6 is 0 Å². The van der Waals surface area contributed by atoms with Gasteiger partial charge in [-0.2, -0.15) is 0 Å². The Morgan fingerprint density at radius 2 is 1.64 bits per heavy atom. The highest BCUT2D eigenvalue weighted by Crippen LogP contribution is 2.36. The number of Topliss-reactive ketones (excluding diaryl/α,β-unsaturated/α-hetero) is 1. The molecule has 0 aromatic carbocycles. The van der Waals surface area contributed by atoms with Crippen molar-refractivity contribution >= 4 is 5.78 Å². The van der Waals surface area contributed by atoms with Gasteiger partial charge in [0.05, 0.1) is 6.10 Å². The minimum Gasteiger partial charge on any atom is -0.393 e. The first-order valence-electron chi connectivity index (χ1n) is 9.89. The van der Waals surface area contributed by atoms with Crippen molar-refractivity contribution in [2.24, 2.45) is 11.8 Å². The summed E-state index contributed by atoms with van der Waals surface area (Å²) >= 11 is 0. The monoisotopic (exact) mass is 310 g/mol. The maximum Gasteiger partial charge on any atom is 0.136 e. The van der Waals surface area contributed by atoms with Crippen LogP contribution in [0.25, 0.3) is 0 Å². The van der Waals surface area contributed by atoms with E-state index < -0.39 is 0 Å². The third-order valence-corrected chi connectivity index (χ3v) is 5.37. The molecule has 1 aliphatic rings. The third kappa shape index (κ3) is 7.76. The second-order valence-electron chi connectivity index (χ2n) is 7.30. The fourth-order valence-corrected chi connectivity index (χ4v) is 3.87. The van der Waals surface area contributed by atoms with Gasteiger partial charge in [-0.15, -0.1) is 0 Å². The molecule has 0 heterocycles. The third-order valence-electron chi connectivity index (χ3n) is 5.37. The molecule has 0 saturated heterocycles. The molecule has 1 rings (SSSR count). The Hall–Kier alpha value is -0.370. The van der Waals surface area contributed by atoms with Crippen molar-refractivity contribution in [1.29, 1.82) is 0 Å². The topological polar surface area (TPSA) is 37.3 Å². The van der Waals surface area contributed by atoms with Gasteiger partial charge in [0.25, 0.3) is 0 Å². The number of aliphatic hydroxyl groups excluding tert-OH is 1. The second kappa shape index (κ2) is 12.1. The molecule has 0 aliphatic heterocycles. The van der Waals surface area contributed by atoms with Crippen molar-refractivity contribution < 1.29 is 9.90 Å². The molecule has 3 atom stereocenters. The lowest BCUT2D eigenvalue weighted by atomic mass is 9.86. The van der Waals surface area contributed by atoms with E-state index in [1.165, 1.54) is 44.9 Å². The number of rotatable bonds is 13. The highest BCUT2D eigenvalue weighted by molar-refractivity contribution is 5.83. The Balaban J connectivity index is 2.21. The van der Waals surface area contributed by atoms with E-state index in [1.54, 1.807) is 0 Å². The lowest BCUT2D eigenvalue weighted by Crippen LogP contribution is -2.17. The van der Waals surface area contributed by atoms with Gasteiger partial charge in [-0.3, -0.25) is 4.79 Å². The van der Waals surface area contributed by atoms with Crippen LogP contribution in [0.4, 0.5) is 0 Å². The lowest BCUT2D eigenvalue weighted by Gasteiger charge is -2.20. The zero-order valence-electron chi connectivity index (χ0n) is 15.0. The molecule has 1 fully saturated rings. The molecular weight excluding hydrogens is 272 g/mol. The highest BCUT2D eigenvalue weighted by atomic mass is 16.3. The minimum absolute atomic E-state index is 0.146. The molecule has 0 spiro atoms. The molecule has 0 bridgehead atoms. The summed E-state index contributed by atoms with van der Waals surface area (Å²) < 4.78 is 0. The van der Waals surface area contributed by atoms with Crippen molar-refractivity contribution in [1.82, 2.24) is 0 Å². The van der Waals surface area contributed by atoms with Crippen molar-refractivity contribution in [3.8, 4) is 0 Å². The average Bonchev–Trinajstić information content (AvgIpc) is 2.86. The molecule has 130 valence electrons. The Bertz CT molecular complexity index is 287. The molecule has 2 nitrogen and oxygen atoms in total. The van der Waals surface area contributed by atoms with E-state index in [0.29, 0.717) is 17.6 Å². The van der Waals surface area contributed by atoms with Gasteiger partial charge < -0.3 is 5.11 Å². The van der Waals surface area contributed by atoms with Crippen molar-refractivity contribution in [3.63, 3.8) is 0 Å². The first-order valence-corrected chi connectivity index (χ1v) is 9.89. The van der Waals surface area contributed by atoms with Gasteiger partial charge >= 0.3 is 0 Å². The van der Waals surface area contributed by atoms with Crippen LogP contribution < -0.4 is 0 Å². The Labute approximate surface area is 138 Å². The van der Waals surface area contributed by atoms with Gasteiger partial charge in [-0.25, -0.2) is 0 Å². The van der Waals surface area contributed by atoms with Gasteiger partial charge in [0.1, 0.15) is 5.78 Å². The number of aliphatic hydroxyl groups is 1. The molecule has 0 aromatic rings. The number of ketones is 1. The van der Waals surface area contributed by atoms with Gasteiger partial charge in [-0.05, 0) is 38.0 Å². The van der Waals surface area contributed by atoms with Gasteiger partial charge in [-0.1, -0.05) is 65.2 Å². The molecule has 0 aromatic heterocycles. The Morgan fingerprint density at radius 3 is 2.36 bits per heavy atom. The summed E-state index contributed by atoms with van der Waals surface area (Å²) in [7, 11) is 0. The van der Waals surface area contributed by atoms with E-state index in [-0.39, 0.29) is 6.10 Å². The Kier molecular flexibility index (Phi) is 10.8. The number of carbonyl (C=O) groups is 1. The first kappa shape index (κ1) is 19.7. The number of hydrogen-bond donors (Lipinski definition) is 1. The molecule has 0 radical (unpaired) electrons. The summed E-state index contributed by atoms with van der Waals surface area (Å²) in [5, 5.41) is 10.1. The summed E-state index contributed by atoms with van der Waals surface area (Å²) in [6.45, 7) is 4.43. The van der Waals surface area contributed by atoms with Crippen LogP contribution in [-0.2, 0) is 4.79 Å². The molecule has 22 heavy (non-hydrogen) atoms. The fourth-order valence-electron chi connectivity index (χ4n) is 3.87. The first-order chi connectivity index (χ1) is 10.7. The van der Waals surface area contributed by atoms with Crippen molar-refractivity contribution in [2.45, 2.75) is 110 Å². The van der Waals surface area contributed by atoms with E-state index >= 15 is 0 Å². The smallest absolute Gasteiger partial charge is 0.136 e. The van der Waals surface area contributed by atoms with Crippen molar-refractivity contribution in [2.75, 3.05) is 0 Å². The summed E-state index contributed by atoms with van der Waals surface area (Å²) in [6, 6.07) is 0. The second-order valence-corrected chi connectivity index (χ2v) is 7.30. The highest BCUT2D eigenvalue weighted by Gasteiger charge is 2.33. The molecular formula is C20H38O2. The predicted molar refractivity (Wildman–Crippen MR) is 94.0 cm³/mol. The number of hydrogen-bond acceptors (Lipinski definition) is 2. The minimum atomic E-state index is -0.146. The quantitative estimate of drug-likeness (QED) is 0.445. The normalized spacial score (nSPS) is 23.1. The molecule has 1 saturated carbocycles. The number of carbonyl (C=O) groups excluding carboxylic acids is 1. The zero-order valence-corrected chi connectivity index (χ0v) is 15.0. The summed E-state index contributed by atoms with van der Waals surface area (Å²) in [6.07, 6.45) is 15.7. The van der Waals surface area contributed by atoms with Crippen LogP contribution in [0.2, 0.25) is 0 Å². The maximum absolute atomic E-state index is 12.1. The van der Waals surface area contributed by atoms with Gasteiger partial charge in [0.2, 0.25) is 0 Å². The molecule has 2 heteroatoms. The van der Waals surface area contributed by atoms with Gasteiger partial charge in [0.15, 0.2) is 0 Å². The van der Waals surface area contributed by atoms with Crippen LogP contribution in [0.15, 0.2) is 0 Å². The van der Waals surface area contributed by atoms with E-state index in [4.69, 9.17) is 0 Å². The largest absolute Gasteiger partial charge is 0.393 e. The predicted octanol–water partition coefficient (Wildman–Crippen LogP) is 5.66. The lowest BCUT2D eigenvalue weighted by molar-refractivity contribution is -0.121. The number of unbranched alkanes of at least 4 members (excludes halogenated alkanes) is 6. The standard InChI is InChI=1S/C20H38O2/c1-3-5-7-8-10-12-19-17(14-16-20(19)22)13-15-18(21)11-9-6-4-2/h17-19,21H,3-16H2,1-2H3/t17-,18-,19?/m0/s1. The summed E-state index contributed by atoms with van der Waals surface area (Å²) in [5.41, 5.74) is 0. The SMILES string of the molecule is CCCCCCCC1C(=O)CC[C@@H]1CC[C@@H](O)CCCCC. The Morgan fingerprint density at radius 1 is 0.955 bits per heavy atom. The summed E-state index contributed by atoms with van der Waals surface area (Å²) in [5.74, 6) is 1.37. The van der Waals surface area contributed by atoms with Gasteiger partial charge in [0, 0.05) is 12.3 Å². The van der Waals surface area contributed by atoms with E-state index in [9.17, 15) is 9.90 Å². The molecule has 1 N–H and O–H groups in total. The van der Waals surface area contributed by atoms with Crippen LogP contribution in [0.1, 0.15) is 104 Å². The fraction of sp³-hybridized carbons (Fsp3) is 0.950. The maximum atomic E-state index is 12.1. The van der Waals surface area contributed by atoms with E-state index in [2.05, 4.69) is 13.8 Å². The van der Waals surface area contributed by atoms with E-state index in [0.717, 1.165) is 44.9 Å². The zero-order chi connectivity index (χ0) is 16.2.